The minimum absolute atomic E-state index is 0.0997. The molecule has 0 N–H and O–H groups in total. The number of aromatic nitrogens is 4. The van der Waals surface area contributed by atoms with Gasteiger partial charge in [-0.2, -0.15) is 10.2 Å². The fourth-order valence-corrected chi connectivity index (χ4v) is 1.12. The minimum Gasteiger partial charge on any atom is -0.492 e. The molecule has 0 fully saturated rings. The standard InChI is InChI=1S/C9H9FN4O/c1-6-4-12-14(13-6)9-3-7(10)8(15-2)5-11-9/h3-5H,1-2H3. The van der Waals surface area contributed by atoms with Gasteiger partial charge in [0, 0.05) is 6.07 Å². The zero-order valence-electron chi connectivity index (χ0n) is 8.31. The number of nitrogens with zero attached hydrogens (tertiary/aromatic N) is 4. The Bertz CT molecular complexity index is 483. The van der Waals surface area contributed by atoms with E-state index in [0.717, 1.165) is 5.69 Å². The highest BCUT2D eigenvalue weighted by molar-refractivity contribution is 5.28. The zero-order chi connectivity index (χ0) is 10.8. The number of rotatable bonds is 2. The van der Waals surface area contributed by atoms with Gasteiger partial charge < -0.3 is 4.74 Å². The van der Waals surface area contributed by atoms with E-state index in [9.17, 15) is 4.39 Å². The highest BCUT2D eigenvalue weighted by Crippen LogP contribution is 2.16. The van der Waals surface area contributed by atoms with Gasteiger partial charge in [0.2, 0.25) is 0 Å². The largest absolute Gasteiger partial charge is 0.492 e. The second kappa shape index (κ2) is 3.64. The normalized spacial score (nSPS) is 10.3. The summed E-state index contributed by atoms with van der Waals surface area (Å²) in [7, 11) is 1.38. The Morgan fingerprint density at radius 2 is 2.20 bits per heavy atom. The van der Waals surface area contributed by atoms with Gasteiger partial charge in [-0.25, -0.2) is 9.37 Å². The van der Waals surface area contributed by atoms with Crippen molar-refractivity contribution in [1.82, 2.24) is 20.0 Å². The maximum atomic E-state index is 13.3. The van der Waals surface area contributed by atoms with E-state index in [1.165, 1.54) is 24.2 Å². The molecule has 0 radical (unpaired) electrons. The Balaban J connectivity index is 2.42. The lowest BCUT2D eigenvalue weighted by molar-refractivity contribution is 0.383. The first-order chi connectivity index (χ1) is 7.20. The lowest BCUT2D eigenvalue weighted by Crippen LogP contribution is -2.03. The summed E-state index contributed by atoms with van der Waals surface area (Å²) in [6.45, 7) is 1.80. The molecule has 0 saturated carbocycles. The molecule has 0 unspecified atom stereocenters. The molecule has 15 heavy (non-hydrogen) atoms. The van der Waals surface area contributed by atoms with Crippen LogP contribution in [0.25, 0.3) is 5.82 Å². The van der Waals surface area contributed by atoms with Crippen LogP contribution >= 0.6 is 0 Å². The SMILES string of the molecule is COc1cnc(-n2ncc(C)n2)cc1F. The lowest BCUT2D eigenvalue weighted by atomic mass is 10.4. The van der Waals surface area contributed by atoms with Crippen LogP contribution in [0.15, 0.2) is 18.5 Å². The molecule has 0 aliphatic rings. The van der Waals surface area contributed by atoms with Gasteiger partial charge in [-0.05, 0) is 6.92 Å². The van der Waals surface area contributed by atoms with Crippen molar-refractivity contribution < 1.29 is 9.13 Å². The molecule has 0 amide bonds. The van der Waals surface area contributed by atoms with Crippen molar-refractivity contribution >= 4 is 0 Å². The average Bonchev–Trinajstić information content (AvgIpc) is 2.65. The Kier molecular flexibility index (Phi) is 2.32. The van der Waals surface area contributed by atoms with Crippen LogP contribution in [0.4, 0.5) is 4.39 Å². The third-order valence-corrected chi connectivity index (χ3v) is 1.84. The molecule has 0 atom stereocenters. The molecule has 6 heteroatoms. The second-order valence-corrected chi connectivity index (χ2v) is 2.95. The summed E-state index contributed by atoms with van der Waals surface area (Å²) in [5.41, 5.74) is 0.744. The molecular weight excluding hydrogens is 199 g/mol. The van der Waals surface area contributed by atoms with Crippen molar-refractivity contribution in [1.29, 1.82) is 0 Å². The van der Waals surface area contributed by atoms with E-state index in [1.807, 2.05) is 0 Å². The average molecular weight is 208 g/mol. The highest BCUT2D eigenvalue weighted by atomic mass is 19.1. The summed E-state index contributed by atoms with van der Waals surface area (Å²) in [5, 5.41) is 7.93. The maximum absolute atomic E-state index is 13.3. The predicted octanol–water partition coefficient (Wildman–Crippen LogP) is 1.12. The van der Waals surface area contributed by atoms with E-state index in [4.69, 9.17) is 4.74 Å². The Morgan fingerprint density at radius 3 is 2.73 bits per heavy atom. The first kappa shape index (κ1) is 9.57. The van der Waals surface area contributed by atoms with Crippen molar-refractivity contribution in [2.75, 3.05) is 7.11 Å². The summed E-state index contributed by atoms with van der Waals surface area (Å²) in [4.78, 5) is 5.23. The van der Waals surface area contributed by atoms with Crippen LogP contribution in [0, 0.1) is 12.7 Å². The fraction of sp³-hybridized carbons (Fsp3) is 0.222. The molecule has 0 aliphatic carbocycles. The topological polar surface area (TPSA) is 52.8 Å². The van der Waals surface area contributed by atoms with Crippen LogP contribution < -0.4 is 4.74 Å². The number of aryl methyl sites for hydroxylation is 1. The van der Waals surface area contributed by atoms with Gasteiger partial charge in [-0.1, -0.05) is 0 Å². The third-order valence-electron chi connectivity index (χ3n) is 1.84. The number of hydrogen-bond acceptors (Lipinski definition) is 4. The Labute approximate surface area is 85.5 Å². The van der Waals surface area contributed by atoms with E-state index in [0.29, 0.717) is 5.82 Å². The van der Waals surface area contributed by atoms with Crippen molar-refractivity contribution in [2.45, 2.75) is 6.92 Å². The molecule has 0 spiro atoms. The molecule has 2 rings (SSSR count). The van der Waals surface area contributed by atoms with Crippen molar-refractivity contribution in [3.8, 4) is 11.6 Å². The van der Waals surface area contributed by atoms with E-state index in [-0.39, 0.29) is 5.75 Å². The molecule has 78 valence electrons. The Hall–Kier alpha value is -1.98. The Morgan fingerprint density at radius 1 is 1.40 bits per heavy atom. The predicted molar refractivity (Wildman–Crippen MR) is 50.4 cm³/mol. The van der Waals surface area contributed by atoms with Gasteiger partial charge in [0.05, 0.1) is 25.2 Å². The van der Waals surface area contributed by atoms with Crippen LogP contribution in [-0.2, 0) is 0 Å². The van der Waals surface area contributed by atoms with Gasteiger partial charge >= 0.3 is 0 Å². The molecule has 0 aliphatic heterocycles. The van der Waals surface area contributed by atoms with Crippen molar-refractivity contribution in [2.24, 2.45) is 0 Å². The first-order valence-corrected chi connectivity index (χ1v) is 4.29. The molecular formula is C9H9FN4O. The van der Waals surface area contributed by atoms with E-state index < -0.39 is 5.82 Å². The zero-order valence-corrected chi connectivity index (χ0v) is 8.31. The summed E-state index contributed by atoms with van der Waals surface area (Å²) < 4.78 is 18.1. The van der Waals surface area contributed by atoms with Crippen molar-refractivity contribution in [3.63, 3.8) is 0 Å². The molecule has 2 aromatic rings. The highest BCUT2D eigenvalue weighted by Gasteiger charge is 2.07. The summed E-state index contributed by atoms with van der Waals surface area (Å²) in [5.74, 6) is -0.0681. The first-order valence-electron chi connectivity index (χ1n) is 4.29. The van der Waals surface area contributed by atoms with Gasteiger partial charge in [-0.15, -0.1) is 4.80 Å². The number of halogens is 1. The van der Waals surface area contributed by atoms with Gasteiger partial charge in [-0.3, -0.25) is 0 Å². The van der Waals surface area contributed by atoms with Gasteiger partial charge in [0.1, 0.15) is 0 Å². The molecule has 2 aromatic heterocycles. The van der Waals surface area contributed by atoms with E-state index in [2.05, 4.69) is 15.2 Å². The number of pyridine rings is 1. The molecule has 0 aromatic carbocycles. The summed E-state index contributed by atoms with van der Waals surface area (Å²) in [6, 6.07) is 1.22. The van der Waals surface area contributed by atoms with Gasteiger partial charge in [0.15, 0.2) is 17.4 Å². The van der Waals surface area contributed by atoms with Crippen LogP contribution in [0.2, 0.25) is 0 Å². The number of hydrogen-bond donors (Lipinski definition) is 0. The monoisotopic (exact) mass is 208 g/mol. The number of methoxy groups -OCH3 is 1. The van der Waals surface area contributed by atoms with Crippen LogP contribution in [0.5, 0.6) is 5.75 Å². The van der Waals surface area contributed by atoms with Gasteiger partial charge in [0.25, 0.3) is 0 Å². The van der Waals surface area contributed by atoms with Crippen molar-refractivity contribution in [3.05, 3.63) is 30.0 Å². The summed E-state index contributed by atoms with van der Waals surface area (Å²) >= 11 is 0. The molecule has 0 saturated heterocycles. The van der Waals surface area contributed by atoms with Crippen LogP contribution in [-0.4, -0.2) is 27.1 Å². The van der Waals surface area contributed by atoms with E-state index in [1.54, 1.807) is 13.1 Å². The maximum Gasteiger partial charge on any atom is 0.177 e. The minimum atomic E-state index is -0.488. The lowest BCUT2D eigenvalue weighted by Gasteiger charge is -2.02. The smallest absolute Gasteiger partial charge is 0.177 e. The quantitative estimate of drug-likeness (QED) is 0.742. The second-order valence-electron chi connectivity index (χ2n) is 2.95. The van der Waals surface area contributed by atoms with Crippen LogP contribution in [0.1, 0.15) is 5.69 Å². The summed E-state index contributed by atoms with van der Waals surface area (Å²) in [6.07, 6.45) is 2.87. The third kappa shape index (κ3) is 1.78. The molecule has 0 bridgehead atoms. The molecule has 5 nitrogen and oxygen atoms in total. The fourth-order valence-electron chi connectivity index (χ4n) is 1.12. The molecule has 2 heterocycles. The van der Waals surface area contributed by atoms with Crippen LogP contribution in [0.3, 0.4) is 0 Å². The number of ether oxygens (including phenoxy) is 1. The van der Waals surface area contributed by atoms with E-state index >= 15 is 0 Å².